The van der Waals surface area contributed by atoms with Gasteiger partial charge in [-0.2, -0.15) is 0 Å². The summed E-state index contributed by atoms with van der Waals surface area (Å²) in [5.41, 5.74) is 0.693. The van der Waals surface area contributed by atoms with Crippen molar-refractivity contribution in [2.75, 3.05) is 19.6 Å². The molecule has 5 heteroatoms. The summed E-state index contributed by atoms with van der Waals surface area (Å²) in [5, 5.41) is 5.26. The number of nitrogens with zero attached hydrogens (tertiary/aromatic N) is 1. The first-order valence-electron chi connectivity index (χ1n) is 8.56. The van der Waals surface area contributed by atoms with Crippen LogP contribution in [0, 0.1) is 0 Å². The van der Waals surface area contributed by atoms with Crippen LogP contribution in [-0.4, -0.2) is 30.4 Å². The lowest BCUT2D eigenvalue weighted by molar-refractivity contribution is 0.0933. The molecule has 1 aliphatic rings. The maximum absolute atomic E-state index is 12.5. The van der Waals surface area contributed by atoms with Gasteiger partial charge in [-0.3, -0.25) is 9.69 Å². The zero-order chi connectivity index (χ0) is 16.8. The van der Waals surface area contributed by atoms with Crippen molar-refractivity contribution in [2.24, 2.45) is 0 Å². The fourth-order valence-corrected chi connectivity index (χ4v) is 4.55. The van der Waals surface area contributed by atoms with E-state index in [0.29, 0.717) is 12.1 Å². The molecule has 2 aromatic rings. The Balaban J connectivity index is 1.70. The van der Waals surface area contributed by atoms with E-state index >= 15 is 0 Å². The summed E-state index contributed by atoms with van der Waals surface area (Å²) in [6.45, 7) is 2.89. The van der Waals surface area contributed by atoms with Crippen molar-refractivity contribution in [2.45, 2.75) is 31.7 Å². The van der Waals surface area contributed by atoms with Crippen molar-refractivity contribution in [1.82, 2.24) is 10.2 Å². The van der Waals surface area contributed by atoms with Gasteiger partial charge in [-0.05, 0) is 65.4 Å². The summed E-state index contributed by atoms with van der Waals surface area (Å²) in [6, 6.07) is 12.1. The van der Waals surface area contributed by atoms with Crippen molar-refractivity contribution in [3.8, 4) is 0 Å². The highest BCUT2D eigenvalue weighted by atomic mass is 79.9. The minimum absolute atomic E-state index is 0.0150. The molecule has 1 atom stereocenters. The van der Waals surface area contributed by atoms with Crippen LogP contribution in [-0.2, 0) is 0 Å². The predicted octanol–water partition coefficient (Wildman–Crippen LogP) is 4.86. The lowest BCUT2D eigenvalue weighted by atomic mass is 10.1. The molecule has 3 rings (SSSR count). The molecule has 1 aromatic heterocycles. The van der Waals surface area contributed by atoms with Crippen molar-refractivity contribution in [1.29, 1.82) is 0 Å². The Bertz CT molecular complexity index is 651. The first-order chi connectivity index (χ1) is 11.8. The lowest BCUT2D eigenvalue weighted by Gasteiger charge is -2.30. The van der Waals surface area contributed by atoms with Crippen LogP contribution in [0.1, 0.15) is 47.0 Å². The molecule has 0 spiro atoms. The molecule has 1 aliphatic heterocycles. The number of halogens is 1. The van der Waals surface area contributed by atoms with E-state index in [-0.39, 0.29) is 11.9 Å². The Labute approximate surface area is 156 Å². The molecule has 1 saturated heterocycles. The third kappa shape index (κ3) is 4.47. The molecule has 1 N–H and O–H groups in total. The zero-order valence-electron chi connectivity index (χ0n) is 13.7. The highest BCUT2D eigenvalue weighted by Crippen LogP contribution is 2.27. The Morgan fingerprint density at radius 3 is 2.54 bits per heavy atom. The molecular weight excluding hydrogens is 384 g/mol. The molecule has 0 aliphatic carbocycles. The molecule has 1 fully saturated rings. The van der Waals surface area contributed by atoms with Gasteiger partial charge in [0.25, 0.3) is 5.91 Å². The van der Waals surface area contributed by atoms with Gasteiger partial charge in [-0.15, -0.1) is 11.3 Å². The standard InChI is InChI=1S/C19H23BrN2OS/c20-16-9-4-3-8-15(16)19(23)21-14-17(18-10-7-13-24-18)22-11-5-1-2-6-12-22/h3-4,7-10,13,17H,1-2,5-6,11-12,14H2,(H,21,23)/t17-/m0/s1. The monoisotopic (exact) mass is 406 g/mol. The van der Waals surface area contributed by atoms with E-state index in [1.807, 2.05) is 24.3 Å². The van der Waals surface area contributed by atoms with Crippen LogP contribution in [0.5, 0.6) is 0 Å². The van der Waals surface area contributed by atoms with E-state index in [1.165, 1.54) is 30.6 Å². The normalized spacial score (nSPS) is 17.2. The average molecular weight is 407 g/mol. The van der Waals surface area contributed by atoms with Crippen LogP contribution in [0.25, 0.3) is 0 Å². The molecule has 3 nitrogen and oxygen atoms in total. The molecule has 24 heavy (non-hydrogen) atoms. The summed E-state index contributed by atoms with van der Waals surface area (Å²) in [6.07, 6.45) is 5.13. The van der Waals surface area contributed by atoms with Crippen LogP contribution in [0.2, 0.25) is 0 Å². The molecule has 128 valence electrons. The van der Waals surface area contributed by atoms with E-state index in [4.69, 9.17) is 0 Å². The van der Waals surface area contributed by atoms with Gasteiger partial charge in [0.15, 0.2) is 0 Å². The Kier molecular flexibility index (Phi) is 6.46. The number of carbonyl (C=O) groups excluding carboxylic acids is 1. The predicted molar refractivity (Wildman–Crippen MR) is 104 cm³/mol. The highest BCUT2D eigenvalue weighted by Gasteiger charge is 2.23. The fourth-order valence-electron chi connectivity index (χ4n) is 3.23. The third-order valence-corrected chi connectivity index (χ3v) is 6.19. The minimum atomic E-state index is -0.0150. The fraction of sp³-hybridized carbons (Fsp3) is 0.421. The first kappa shape index (κ1) is 17.6. The Morgan fingerprint density at radius 1 is 1.12 bits per heavy atom. The number of benzene rings is 1. The van der Waals surface area contributed by atoms with Crippen LogP contribution in [0.15, 0.2) is 46.3 Å². The summed E-state index contributed by atoms with van der Waals surface area (Å²) in [4.78, 5) is 16.4. The van der Waals surface area contributed by atoms with Crippen molar-refractivity contribution >= 4 is 33.2 Å². The molecule has 0 unspecified atom stereocenters. The summed E-state index contributed by atoms with van der Waals surface area (Å²) in [7, 11) is 0. The number of likely N-dealkylation sites (tertiary alicyclic amines) is 1. The number of hydrogen-bond donors (Lipinski definition) is 1. The second-order valence-corrected chi connectivity index (χ2v) is 8.00. The summed E-state index contributed by atoms with van der Waals surface area (Å²) < 4.78 is 0.838. The van der Waals surface area contributed by atoms with Gasteiger partial charge < -0.3 is 5.32 Å². The number of carbonyl (C=O) groups is 1. The molecular formula is C19H23BrN2OS. The number of thiophene rings is 1. The van der Waals surface area contributed by atoms with Gasteiger partial charge in [0.2, 0.25) is 0 Å². The SMILES string of the molecule is O=C(NC[C@@H](c1cccs1)N1CCCCCC1)c1ccccc1Br. The Morgan fingerprint density at radius 2 is 1.88 bits per heavy atom. The van der Waals surface area contributed by atoms with Crippen molar-refractivity contribution < 1.29 is 4.79 Å². The van der Waals surface area contributed by atoms with Gasteiger partial charge in [0, 0.05) is 15.9 Å². The smallest absolute Gasteiger partial charge is 0.252 e. The molecule has 0 bridgehead atoms. The van der Waals surface area contributed by atoms with Gasteiger partial charge in [0.05, 0.1) is 11.6 Å². The topological polar surface area (TPSA) is 32.3 Å². The quantitative estimate of drug-likeness (QED) is 0.768. The second-order valence-electron chi connectivity index (χ2n) is 6.17. The van der Waals surface area contributed by atoms with E-state index in [0.717, 1.165) is 17.6 Å². The average Bonchev–Trinajstić information content (AvgIpc) is 2.98. The van der Waals surface area contributed by atoms with Crippen molar-refractivity contribution in [3.63, 3.8) is 0 Å². The van der Waals surface area contributed by atoms with Crippen molar-refractivity contribution in [3.05, 3.63) is 56.7 Å². The molecule has 1 aromatic carbocycles. The van der Waals surface area contributed by atoms with E-state index in [9.17, 15) is 4.79 Å². The molecule has 0 saturated carbocycles. The van der Waals surface area contributed by atoms with Gasteiger partial charge >= 0.3 is 0 Å². The van der Waals surface area contributed by atoms with Crippen LogP contribution >= 0.6 is 27.3 Å². The van der Waals surface area contributed by atoms with Gasteiger partial charge in [-0.1, -0.05) is 31.0 Å². The lowest BCUT2D eigenvalue weighted by Crippen LogP contribution is -2.38. The van der Waals surface area contributed by atoms with E-state index in [2.05, 4.69) is 43.7 Å². The molecule has 0 radical (unpaired) electrons. The minimum Gasteiger partial charge on any atom is -0.350 e. The number of amides is 1. The highest BCUT2D eigenvalue weighted by molar-refractivity contribution is 9.10. The van der Waals surface area contributed by atoms with Crippen LogP contribution < -0.4 is 5.32 Å². The summed E-state index contributed by atoms with van der Waals surface area (Å²) in [5.74, 6) is -0.0150. The Hall–Kier alpha value is -1.17. The van der Waals surface area contributed by atoms with Gasteiger partial charge in [0.1, 0.15) is 0 Å². The molecule has 1 amide bonds. The maximum atomic E-state index is 12.5. The molecule has 2 heterocycles. The third-order valence-electron chi connectivity index (χ3n) is 4.53. The second kappa shape index (κ2) is 8.79. The number of rotatable bonds is 5. The van der Waals surface area contributed by atoms with E-state index in [1.54, 1.807) is 11.3 Å². The largest absolute Gasteiger partial charge is 0.350 e. The number of hydrogen-bond acceptors (Lipinski definition) is 3. The van der Waals surface area contributed by atoms with E-state index < -0.39 is 0 Å². The van der Waals surface area contributed by atoms with Gasteiger partial charge in [-0.25, -0.2) is 0 Å². The summed E-state index contributed by atoms with van der Waals surface area (Å²) >= 11 is 5.24. The zero-order valence-corrected chi connectivity index (χ0v) is 16.1. The van der Waals surface area contributed by atoms with Crippen LogP contribution in [0.3, 0.4) is 0 Å². The van der Waals surface area contributed by atoms with Crippen LogP contribution in [0.4, 0.5) is 0 Å². The number of nitrogens with one attached hydrogen (secondary N) is 1. The first-order valence-corrected chi connectivity index (χ1v) is 10.2. The maximum Gasteiger partial charge on any atom is 0.252 e.